The number of carbonyl (C=O) groups is 4. The molecule has 2 aliphatic rings. The second-order valence-corrected chi connectivity index (χ2v) is 11.4. The Balaban J connectivity index is 1.45. The minimum Gasteiger partial charge on any atom is -0.497 e. The summed E-state index contributed by atoms with van der Waals surface area (Å²) in [6, 6.07) is 14.8. The maximum Gasteiger partial charge on any atom is 0.290 e. The first-order valence-electron chi connectivity index (χ1n) is 14.4. The molecule has 4 rings (SSSR count). The van der Waals surface area contributed by atoms with Gasteiger partial charge in [0.1, 0.15) is 17.6 Å². The van der Waals surface area contributed by atoms with E-state index >= 15 is 0 Å². The van der Waals surface area contributed by atoms with Crippen LogP contribution in [0.5, 0.6) is 5.75 Å². The number of carbonyl (C=O) groups excluding carboxylic acids is 4. The van der Waals surface area contributed by atoms with Crippen molar-refractivity contribution in [3.8, 4) is 5.75 Å². The summed E-state index contributed by atoms with van der Waals surface area (Å²) < 4.78 is 16.1. The van der Waals surface area contributed by atoms with Crippen molar-refractivity contribution in [1.29, 1.82) is 0 Å². The summed E-state index contributed by atoms with van der Waals surface area (Å²) in [5, 5.41) is 5.64. The van der Waals surface area contributed by atoms with Gasteiger partial charge in [-0.1, -0.05) is 49.4 Å². The van der Waals surface area contributed by atoms with Crippen LogP contribution in [0.3, 0.4) is 0 Å². The van der Waals surface area contributed by atoms with Gasteiger partial charge < -0.3 is 24.8 Å². The maximum atomic E-state index is 13.6. The van der Waals surface area contributed by atoms with Gasteiger partial charge in [-0.05, 0) is 43.0 Å². The van der Waals surface area contributed by atoms with Gasteiger partial charge >= 0.3 is 0 Å². The van der Waals surface area contributed by atoms with Gasteiger partial charge in [-0.25, -0.2) is 0 Å². The van der Waals surface area contributed by atoms with Crippen LogP contribution >= 0.6 is 0 Å². The van der Waals surface area contributed by atoms with E-state index in [1.165, 1.54) is 7.11 Å². The van der Waals surface area contributed by atoms with Gasteiger partial charge in [0.25, 0.3) is 5.91 Å². The first kappa shape index (κ1) is 31.3. The Morgan fingerprint density at radius 3 is 2.29 bits per heavy atom. The van der Waals surface area contributed by atoms with Gasteiger partial charge in [0.15, 0.2) is 0 Å². The Morgan fingerprint density at radius 2 is 1.67 bits per heavy atom. The van der Waals surface area contributed by atoms with Crippen LogP contribution in [0.15, 0.2) is 54.6 Å². The second-order valence-electron chi connectivity index (χ2n) is 11.4. The van der Waals surface area contributed by atoms with E-state index in [0.29, 0.717) is 57.1 Å². The molecule has 10 nitrogen and oxygen atoms in total. The zero-order chi connectivity index (χ0) is 30.1. The first-order chi connectivity index (χ1) is 20.2. The van der Waals surface area contributed by atoms with Crippen LogP contribution in [0, 0.1) is 5.92 Å². The summed E-state index contributed by atoms with van der Waals surface area (Å²) in [7, 11) is 1.53. The molecule has 2 amide bonds. The third-order valence-corrected chi connectivity index (χ3v) is 7.68. The van der Waals surface area contributed by atoms with Gasteiger partial charge in [-0.3, -0.25) is 24.1 Å². The molecule has 0 bridgehead atoms. The Kier molecular flexibility index (Phi) is 10.8. The fourth-order valence-electron chi connectivity index (χ4n) is 5.11. The summed E-state index contributed by atoms with van der Waals surface area (Å²) >= 11 is 0. The van der Waals surface area contributed by atoms with Crippen LogP contribution in [-0.4, -0.2) is 86.5 Å². The minimum absolute atomic E-state index is 0.0244. The highest BCUT2D eigenvalue weighted by Crippen LogP contribution is 2.32. The molecule has 2 saturated heterocycles. The smallest absolute Gasteiger partial charge is 0.290 e. The molecule has 0 aromatic heterocycles. The predicted molar refractivity (Wildman–Crippen MR) is 156 cm³/mol. The molecule has 2 aromatic carbocycles. The van der Waals surface area contributed by atoms with E-state index in [1.54, 1.807) is 31.2 Å². The highest BCUT2D eigenvalue weighted by Gasteiger charge is 2.42. The van der Waals surface area contributed by atoms with Crippen LogP contribution < -0.4 is 15.4 Å². The largest absolute Gasteiger partial charge is 0.497 e. The number of amides is 2. The molecule has 0 aliphatic carbocycles. The van der Waals surface area contributed by atoms with E-state index in [1.807, 2.05) is 42.2 Å². The first-order valence-corrected chi connectivity index (χ1v) is 14.4. The van der Waals surface area contributed by atoms with E-state index in [4.69, 9.17) is 14.2 Å². The van der Waals surface area contributed by atoms with Gasteiger partial charge in [-0.15, -0.1) is 0 Å². The SMILES string of the molecule is COc1ccc(C(NC(=O)C(C)CC(=O)CN2CCOCC2)C(=O)C(=O)NC(Cc2ccccc2)CC2(C)CO2)cc1. The number of ether oxygens (including phenoxy) is 3. The molecular weight excluding hydrogens is 538 g/mol. The molecule has 226 valence electrons. The Hall–Kier alpha value is -3.60. The molecule has 0 radical (unpaired) electrons. The Morgan fingerprint density at radius 1 is 1.00 bits per heavy atom. The number of benzene rings is 2. The summed E-state index contributed by atoms with van der Waals surface area (Å²) in [4.78, 5) is 54.9. The number of epoxide rings is 1. The number of rotatable bonds is 15. The predicted octanol–water partition coefficient (Wildman–Crippen LogP) is 2.26. The molecule has 4 unspecified atom stereocenters. The van der Waals surface area contributed by atoms with E-state index < -0.39 is 29.6 Å². The van der Waals surface area contributed by atoms with Gasteiger partial charge in [-0.2, -0.15) is 0 Å². The monoisotopic (exact) mass is 579 g/mol. The van der Waals surface area contributed by atoms with Crippen LogP contribution in [0.25, 0.3) is 0 Å². The van der Waals surface area contributed by atoms with Gasteiger partial charge in [0.05, 0.1) is 39.1 Å². The van der Waals surface area contributed by atoms with E-state index in [-0.39, 0.29) is 30.4 Å². The highest BCUT2D eigenvalue weighted by molar-refractivity contribution is 6.38. The van der Waals surface area contributed by atoms with Crippen molar-refractivity contribution in [3.05, 3.63) is 65.7 Å². The lowest BCUT2D eigenvalue weighted by molar-refractivity contribution is -0.141. The lowest BCUT2D eigenvalue weighted by atomic mass is 9.95. The minimum atomic E-state index is -1.23. The zero-order valence-electron chi connectivity index (χ0n) is 24.6. The molecule has 2 aliphatic heterocycles. The fourth-order valence-corrected chi connectivity index (χ4v) is 5.11. The number of ketones is 2. The van der Waals surface area contributed by atoms with Crippen LogP contribution in [0.1, 0.15) is 43.9 Å². The Labute approximate surface area is 247 Å². The summed E-state index contributed by atoms with van der Waals surface area (Å²) in [6.45, 7) is 6.96. The highest BCUT2D eigenvalue weighted by atomic mass is 16.6. The number of methoxy groups -OCH3 is 1. The number of morpholine rings is 1. The normalized spacial score (nSPS) is 20.5. The molecule has 2 heterocycles. The summed E-state index contributed by atoms with van der Waals surface area (Å²) in [5.41, 5.74) is 1.12. The Bertz CT molecular complexity index is 1220. The third-order valence-electron chi connectivity index (χ3n) is 7.68. The number of nitrogens with zero attached hydrogens (tertiary/aromatic N) is 1. The lowest BCUT2D eigenvalue weighted by Crippen LogP contribution is -2.47. The zero-order valence-corrected chi connectivity index (χ0v) is 24.6. The standard InChI is InChI=1S/C32H41N3O7/c1-22(17-26(36)20-35-13-15-41-16-14-35)30(38)34-28(24-9-11-27(40-3)12-10-24)29(37)31(39)33-25(19-32(2)21-42-32)18-23-7-5-4-6-8-23/h4-12,22,25,28H,13-21H2,1-3H3,(H,33,39)(H,34,38). The number of nitrogens with one attached hydrogen (secondary N) is 2. The topological polar surface area (TPSA) is 127 Å². The van der Waals surface area contributed by atoms with E-state index in [2.05, 4.69) is 10.6 Å². The van der Waals surface area contributed by atoms with Crippen molar-refractivity contribution >= 4 is 23.4 Å². The van der Waals surface area contributed by atoms with Crippen molar-refractivity contribution in [2.45, 2.75) is 50.8 Å². The van der Waals surface area contributed by atoms with Crippen molar-refractivity contribution in [2.75, 3.05) is 46.6 Å². The molecule has 0 spiro atoms. The molecule has 10 heteroatoms. The molecule has 4 atom stereocenters. The van der Waals surface area contributed by atoms with Crippen molar-refractivity contribution in [1.82, 2.24) is 15.5 Å². The number of hydrogen-bond acceptors (Lipinski definition) is 8. The summed E-state index contributed by atoms with van der Waals surface area (Å²) in [6.07, 6.45) is 1.10. The molecular formula is C32H41N3O7. The summed E-state index contributed by atoms with van der Waals surface area (Å²) in [5.74, 6) is -2.25. The average Bonchev–Trinajstić information content (AvgIpc) is 3.72. The molecule has 42 heavy (non-hydrogen) atoms. The maximum absolute atomic E-state index is 13.6. The van der Waals surface area contributed by atoms with Gasteiger partial charge in [0.2, 0.25) is 11.7 Å². The van der Waals surface area contributed by atoms with Crippen molar-refractivity contribution in [2.24, 2.45) is 5.92 Å². The molecule has 0 saturated carbocycles. The number of Topliss-reactive ketones (excluding diaryl/α,β-unsaturated/α-hetero) is 2. The molecule has 2 aromatic rings. The fraction of sp³-hybridized carbons (Fsp3) is 0.500. The molecule has 2 N–H and O–H groups in total. The lowest BCUT2D eigenvalue weighted by Gasteiger charge is -2.26. The van der Waals surface area contributed by atoms with Crippen LogP contribution in [-0.2, 0) is 35.1 Å². The van der Waals surface area contributed by atoms with Crippen LogP contribution in [0.4, 0.5) is 0 Å². The average molecular weight is 580 g/mol. The van der Waals surface area contributed by atoms with Crippen molar-refractivity contribution < 1.29 is 33.4 Å². The van der Waals surface area contributed by atoms with Gasteiger partial charge in [0, 0.05) is 31.5 Å². The van der Waals surface area contributed by atoms with Crippen LogP contribution in [0.2, 0.25) is 0 Å². The molecule has 2 fully saturated rings. The van der Waals surface area contributed by atoms with E-state index in [9.17, 15) is 19.2 Å². The second kappa shape index (κ2) is 14.5. The van der Waals surface area contributed by atoms with E-state index in [0.717, 1.165) is 5.56 Å². The van der Waals surface area contributed by atoms with Crippen molar-refractivity contribution in [3.63, 3.8) is 0 Å². The quantitative estimate of drug-likeness (QED) is 0.243. The third kappa shape index (κ3) is 9.20. The number of hydrogen-bond donors (Lipinski definition) is 2.